The number of rotatable bonds is 10. The van der Waals surface area contributed by atoms with Crippen molar-refractivity contribution in [2.75, 3.05) is 56.6 Å². The molecule has 2 aliphatic heterocycles. The Morgan fingerprint density at radius 3 is 1.90 bits per heavy atom. The van der Waals surface area contributed by atoms with Crippen LogP contribution < -0.4 is 16.4 Å². The summed E-state index contributed by atoms with van der Waals surface area (Å²) in [7, 11) is 4.29. The van der Waals surface area contributed by atoms with Crippen LogP contribution in [0.3, 0.4) is 0 Å². The number of anilines is 5. The fourth-order valence-corrected chi connectivity index (χ4v) is 8.01. The predicted molar refractivity (Wildman–Crippen MR) is 256 cm³/mol. The molecule has 8 heterocycles. The average molecular weight is 926 g/mol. The van der Waals surface area contributed by atoms with E-state index < -0.39 is 9.85 Å². The van der Waals surface area contributed by atoms with Crippen LogP contribution in [0, 0.1) is 20.2 Å². The van der Waals surface area contributed by atoms with Crippen molar-refractivity contribution >= 4 is 73.3 Å². The molecule has 0 atom stereocenters. The van der Waals surface area contributed by atoms with E-state index in [1.807, 2.05) is 64.2 Å². The van der Waals surface area contributed by atoms with E-state index in [0.29, 0.717) is 35.8 Å². The number of likely N-dealkylation sites (tertiary alicyclic amines) is 2. The topological polar surface area (TPSA) is 256 Å². The number of fused-ring (bicyclic) bond motifs is 2. The van der Waals surface area contributed by atoms with Crippen molar-refractivity contribution in [1.29, 1.82) is 0 Å². The molecule has 2 aliphatic rings. The highest BCUT2D eigenvalue weighted by Crippen LogP contribution is 2.29. The Hall–Kier alpha value is -7.75. The molecular formula is C45H48ClN17O4. The zero-order valence-electron chi connectivity index (χ0n) is 36.8. The Bertz CT molecular complexity index is 2990. The monoisotopic (exact) mass is 925 g/mol. The Morgan fingerprint density at radius 1 is 0.672 bits per heavy atom. The molecule has 8 aromatic rings. The Balaban J connectivity index is 0.000000152. The van der Waals surface area contributed by atoms with Crippen LogP contribution in [-0.4, -0.2) is 109 Å². The quantitative estimate of drug-likeness (QED) is 0.0672. The van der Waals surface area contributed by atoms with Gasteiger partial charge in [0.15, 0.2) is 0 Å². The molecule has 21 nitrogen and oxygen atoms in total. The van der Waals surface area contributed by atoms with Crippen molar-refractivity contribution in [1.82, 2.24) is 59.3 Å². The summed E-state index contributed by atoms with van der Waals surface area (Å²) in [5, 5.41) is 41.2. The lowest BCUT2D eigenvalue weighted by atomic mass is 10.0. The number of nitro groups is 2. The van der Waals surface area contributed by atoms with E-state index in [2.05, 4.69) is 74.6 Å². The second-order valence-corrected chi connectivity index (χ2v) is 16.7. The molecule has 0 saturated carbocycles. The highest BCUT2D eigenvalue weighted by Gasteiger charge is 2.22. The lowest BCUT2D eigenvalue weighted by Gasteiger charge is -2.28. The minimum Gasteiger partial charge on any atom is -0.396 e. The molecule has 6 aromatic heterocycles. The summed E-state index contributed by atoms with van der Waals surface area (Å²) in [4.78, 5) is 50.5. The summed E-state index contributed by atoms with van der Waals surface area (Å²) in [6, 6.07) is 16.1. The summed E-state index contributed by atoms with van der Waals surface area (Å²) in [5.41, 5.74) is 8.70. The van der Waals surface area contributed by atoms with Gasteiger partial charge in [-0.2, -0.15) is 15.2 Å². The fourth-order valence-electron chi connectivity index (χ4n) is 7.87. The minimum atomic E-state index is -0.568. The summed E-state index contributed by atoms with van der Waals surface area (Å²) >= 11 is 5.69. The fraction of sp³-hybridized carbons (Fsp3) is 0.289. The Morgan fingerprint density at radius 2 is 1.27 bits per heavy atom. The second kappa shape index (κ2) is 21.0. The summed E-state index contributed by atoms with van der Waals surface area (Å²) in [6.07, 6.45) is 21.4. The van der Waals surface area contributed by atoms with Crippen molar-refractivity contribution in [2.24, 2.45) is 0 Å². The van der Waals surface area contributed by atoms with Gasteiger partial charge in [-0.05, 0) is 124 Å². The summed E-state index contributed by atoms with van der Waals surface area (Å²) in [5.74, 6) is 0.351. The van der Waals surface area contributed by atoms with Crippen molar-refractivity contribution in [3.63, 3.8) is 0 Å². The van der Waals surface area contributed by atoms with Gasteiger partial charge < -0.3 is 26.2 Å². The molecule has 2 fully saturated rings. The number of nitrogens with zero attached hydrogens (tertiary/aromatic N) is 14. The molecule has 0 bridgehead atoms. The number of nitrogen functional groups attached to an aromatic ring is 1. The van der Waals surface area contributed by atoms with E-state index >= 15 is 0 Å². The van der Waals surface area contributed by atoms with Gasteiger partial charge in [-0.25, -0.2) is 15.0 Å². The first-order valence-corrected chi connectivity index (χ1v) is 21.9. The first-order valence-electron chi connectivity index (χ1n) is 21.5. The zero-order valence-corrected chi connectivity index (χ0v) is 37.5. The standard InChI is InChI=1S/C23H24N8O2.C13H8ClN5O2.C9H16N4/c1-29-8-5-20(6-9-29)30-15-19(13-26-30)27-23-25-14-22(31(32)33)21(28-23)11-16-2-3-17-4-7-24-12-18(17)10-16;14-13-16-7-11(19(20)21)12(18-13)17-10-2-1-8-3-4-15-6-9(8)5-10;1-12-4-2-9(3-5-12)13-7-8(10)6-11-13/h2-4,7,10,12-15,20H,5-6,8-9,11H2,1H3,(H,25,27,28);1-7H,(H,16,17,18);6-7,9H,2-5,10H2,1H3. The van der Waals surface area contributed by atoms with Crippen LogP contribution in [0.4, 0.5) is 40.2 Å². The van der Waals surface area contributed by atoms with E-state index in [0.717, 1.165) is 83.7 Å². The van der Waals surface area contributed by atoms with Gasteiger partial charge in [0.25, 0.3) is 0 Å². The predicted octanol–water partition coefficient (Wildman–Crippen LogP) is 7.79. The largest absolute Gasteiger partial charge is 0.396 e. The van der Waals surface area contributed by atoms with Crippen molar-refractivity contribution < 1.29 is 9.85 Å². The molecular weight excluding hydrogens is 878 g/mol. The van der Waals surface area contributed by atoms with Crippen LogP contribution in [0.1, 0.15) is 49.0 Å². The number of hydrogen-bond acceptors (Lipinski definition) is 17. The van der Waals surface area contributed by atoms with Gasteiger partial charge in [0.05, 0.1) is 45.7 Å². The van der Waals surface area contributed by atoms with E-state index in [4.69, 9.17) is 17.3 Å². The third-order valence-electron chi connectivity index (χ3n) is 11.6. The molecule has 0 radical (unpaired) electrons. The van der Waals surface area contributed by atoms with Crippen molar-refractivity contribution in [3.05, 3.63) is 147 Å². The molecule has 2 saturated heterocycles. The lowest BCUT2D eigenvalue weighted by molar-refractivity contribution is -0.386. The molecule has 0 aliphatic carbocycles. The maximum Gasteiger partial charge on any atom is 0.329 e. The third kappa shape index (κ3) is 11.9. The number of nitrogens with two attached hydrogens (primary N) is 1. The van der Waals surface area contributed by atoms with Gasteiger partial charge in [0.2, 0.25) is 17.0 Å². The normalized spacial score (nSPS) is 14.7. The summed E-state index contributed by atoms with van der Waals surface area (Å²) < 4.78 is 3.98. The molecule has 22 heteroatoms. The SMILES string of the molecule is CN1CCC(n2cc(N)cn2)CC1.CN1CCC(n2cc(Nc3ncc([N+](=O)[O-])c(Cc4ccc5ccncc5c4)n3)cn2)CC1.O=[N+]([O-])c1cnc(Cl)nc1Nc1ccc2ccncc2c1. The molecule has 2 aromatic carbocycles. The van der Waals surface area contributed by atoms with Crippen LogP contribution >= 0.6 is 11.6 Å². The van der Waals surface area contributed by atoms with E-state index in [1.165, 1.54) is 19.0 Å². The highest BCUT2D eigenvalue weighted by molar-refractivity contribution is 6.28. The number of benzene rings is 2. The van der Waals surface area contributed by atoms with Crippen LogP contribution in [0.2, 0.25) is 5.28 Å². The van der Waals surface area contributed by atoms with E-state index in [9.17, 15) is 20.2 Å². The minimum absolute atomic E-state index is 0.0447. The maximum atomic E-state index is 11.6. The van der Waals surface area contributed by atoms with Crippen LogP contribution in [0.25, 0.3) is 21.5 Å². The molecule has 344 valence electrons. The van der Waals surface area contributed by atoms with E-state index in [1.54, 1.807) is 43.2 Å². The summed E-state index contributed by atoms with van der Waals surface area (Å²) in [6.45, 7) is 4.41. The number of halogens is 1. The average Bonchev–Trinajstić information content (AvgIpc) is 3.99. The molecule has 0 amide bonds. The Labute approximate surface area is 389 Å². The maximum absolute atomic E-state index is 11.6. The third-order valence-corrected chi connectivity index (χ3v) is 11.7. The number of hydrogen-bond donors (Lipinski definition) is 3. The zero-order chi connectivity index (χ0) is 46.9. The van der Waals surface area contributed by atoms with Crippen LogP contribution in [-0.2, 0) is 6.42 Å². The van der Waals surface area contributed by atoms with Gasteiger partial charge in [0, 0.05) is 60.1 Å². The van der Waals surface area contributed by atoms with Crippen LogP contribution in [0.15, 0.2) is 110 Å². The molecule has 4 N–H and O–H groups in total. The smallest absolute Gasteiger partial charge is 0.329 e. The molecule has 10 rings (SSSR count). The van der Waals surface area contributed by atoms with Gasteiger partial charge in [-0.1, -0.05) is 18.2 Å². The van der Waals surface area contributed by atoms with Gasteiger partial charge in [-0.15, -0.1) is 0 Å². The van der Waals surface area contributed by atoms with Crippen LogP contribution in [0.5, 0.6) is 0 Å². The first-order chi connectivity index (χ1) is 32.4. The lowest BCUT2D eigenvalue weighted by Crippen LogP contribution is -2.31. The first kappa shape index (κ1) is 45.8. The molecule has 67 heavy (non-hydrogen) atoms. The van der Waals surface area contributed by atoms with Crippen molar-refractivity contribution in [2.45, 2.75) is 44.2 Å². The molecule has 0 spiro atoms. The molecule has 0 unspecified atom stereocenters. The van der Waals surface area contributed by atoms with Gasteiger partial charge in [0.1, 0.15) is 18.1 Å². The number of nitrogens with one attached hydrogen (secondary N) is 2. The Kier molecular flexibility index (Phi) is 14.4. The highest BCUT2D eigenvalue weighted by atomic mass is 35.5. The number of pyridine rings is 2. The number of piperidine rings is 2. The second-order valence-electron chi connectivity index (χ2n) is 16.4. The van der Waals surface area contributed by atoms with Crippen molar-refractivity contribution in [3.8, 4) is 0 Å². The van der Waals surface area contributed by atoms with E-state index in [-0.39, 0.29) is 22.5 Å². The number of aromatic nitrogens is 10. The van der Waals surface area contributed by atoms with Gasteiger partial charge >= 0.3 is 11.4 Å². The van der Waals surface area contributed by atoms with Gasteiger partial charge in [-0.3, -0.25) is 39.6 Å².